The summed E-state index contributed by atoms with van der Waals surface area (Å²) >= 11 is 0. The van der Waals surface area contributed by atoms with Crippen LogP contribution in [0.1, 0.15) is 19.5 Å². The Balaban J connectivity index is 1.73. The van der Waals surface area contributed by atoms with Gasteiger partial charge in [0.25, 0.3) is 0 Å². The fraction of sp³-hybridized carbons (Fsp3) is 0.238. The molecule has 1 N–H and O–H groups in total. The van der Waals surface area contributed by atoms with Crippen molar-refractivity contribution in [3.8, 4) is 11.5 Å². The smallest absolute Gasteiger partial charge is 0.229 e. The van der Waals surface area contributed by atoms with Crippen molar-refractivity contribution in [2.45, 2.75) is 20.8 Å². The molecule has 3 rings (SSSR count). The van der Waals surface area contributed by atoms with Crippen LogP contribution in [0.3, 0.4) is 0 Å². The molecule has 3 aromatic rings. The second-order valence-corrected chi connectivity index (χ2v) is 5.93. The van der Waals surface area contributed by atoms with Crippen LogP contribution in [0.2, 0.25) is 0 Å². The van der Waals surface area contributed by atoms with Crippen LogP contribution in [0, 0.1) is 6.92 Å². The van der Waals surface area contributed by atoms with Gasteiger partial charge in [-0.1, -0.05) is 18.2 Å². The lowest BCUT2D eigenvalue weighted by Gasteiger charge is -2.20. The molecule has 5 heteroatoms. The number of benzene rings is 2. The molecular weight excluding hydrogens is 324 g/mol. The summed E-state index contributed by atoms with van der Waals surface area (Å²) in [5, 5.41) is 3.27. The zero-order chi connectivity index (χ0) is 18.4. The van der Waals surface area contributed by atoms with Crippen LogP contribution in [0.15, 0.2) is 60.7 Å². The third kappa shape index (κ3) is 4.51. The Morgan fingerprint density at radius 1 is 0.885 bits per heavy atom. The first-order valence-corrected chi connectivity index (χ1v) is 8.88. The quantitative estimate of drug-likeness (QED) is 0.638. The molecule has 1 heterocycles. The summed E-state index contributed by atoms with van der Waals surface area (Å²) in [6, 6.07) is 19.5. The summed E-state index contributed by atoms with van der Waals surface area (Å²) in [7, 11) is 0. The standard InChI is InChI=1S/C21H24N4O/c1-4-25(5-2)20-15-16(3)22-21(24-20)23-17-11-13-19(14-12-17)26-18-9-7-6-8-10-18/h6-15H,4-5H2,1-3H3,(H,22,23,24). The van der Waals surface area contributed by atoms with Crippen molar-refractivity contribution in [2.24, 2.45) is 0 Å². The minimum absolute atomic E-state index is 0.601. The van der Waals surface area contributed by atoms with Gasteiger partial charge in [0.2, 0.25) is 5.95 Å². The molecule has 0 saturated heterocycles. The lowest BCUT2D eigenvalue weighted by molar-refractivity contribution is 0.483. The third-order valence-corrected chi connectivity index (χ3v) is 4.02. The second kappa shape index (κ2) is 8.34. The highest BCUT2D eigenvalue weighted by molar-refractivity contribution is 5.57. The van der Waals surface area contributed by atoms with Crippen molar-refractivity contribution in [3.63, 3.8) is 0 Å². The largest absolute Gasteiger partial charge is 0.457 e. The van der Waals surface area contributed by atoms with Gasteiger partial charge in [0.1, 0.15) is 17.3 Å². The van der Waals surface area contributed by atoms with Gasteiger partial charge >= 0.3 is 0 Å². The number of aromatic nitrogens is 2. The summed E-state index contributed by atoms with van der Waals surface area (Å²) in [6.45, 7) is 8.06. The van der Waals surface area contributed by atoms with E-state index >= 15 is 0 Å². The van der Waals surface area contributed by atoms with Gasteiger partial charge in [-0.15, -0.1) is 0 Å². The van der Waals surface area contributed by atoms with E-state index in [4.69, 9.17) is 4.74 Å². The van der Waals surface area contributed by atoms with Crippen LogP contribution < -0.4 is 15.0 Å². The van der Waals surface area contributed by atoms with Gasteiger partial charge in [-0.2, -0.15) is 4.98 Å². The van der Waals surface area contributed by atoms with Crippen LogP contribution in [-0.2, 0) is 0 Å². The Labute approximate surface area is 154 Å². The number of para-hydroxylation sites is 1. The van der Waals surface area contributed by atoms with Gasteiger partial charge in [0.05, 0.1) is 0 Å². The maximum atomic E-state index is 5.82. The average molecular weight is 348 g/mol. The minimum Gasteiger partial charge on any atom is -0.457 e. The number of anilines is 3. The number of aryl methyl sites for hydroxylation is 1. The van der Waals surface area contributed by atoms with Crippen LogP contribution in [0.4, 0.5) is 17.5 Å². The Morgan fingerprint density at radius 2 is 1.54 bits per heavy atom. The van der Waals surface area contributed by atoms with Gasteiger partial charge in [-0.3, -0.25) is 0 Å². The Bertz CT molecular complexity index is 830. The SMILES string of the molecule is CCN(CC)c1cc(C)nc(Nc2ccc(Oc3ccccc3)cc2)n1. The molecule has 0 unspecified atom stereocenters. The fourth-order valence-corrected chi connectivity index (χ4v) is 2.68. The predicted molar refractivity (Wildman–Crippen MR) is 107 cm³/mol. The van der Waals surface area contributed by atoms with E-state index in [-0.39, 0.29) is 0 Å². The summed E-state index contributed by atoms with van der Waals surface area (Å²) in [5.41, 5.74) is 1.86. The normalized spacial score (nSPS) is 10.4. The number of hydrogen-bond acceptors (Lipinski definition) is 5. The molecule has 5 nitrogen and oxygen atoms in total. The number of nitrogens with zero attached hydrogens (tertiary/aromatic N) is 3. The molecule has 2 aromatic carbocycles. The lowest BCUT2D eigenvalue weighted by Crippen LogP contribution is -2.23. The molecule has 26 heavy (non-hydrogen) atoms. The molecule has 0 aliphatic heterocycles. The van der Waals surface area contributed by atoms with Crippen molar-refractivity contribution < 1.29 is 4.74 Å². The van der Waals surface area contributed by atoms with E-state index in [0.717, 1.165) is 41.8 Å². The molecule has 0 atom stereocenters. The first-order valence-electron chi connectivity index (χ1n) is 8.88. The molecule has 1 aromatic heterocycles. The van der Waals surface area contributed by atoms with Crippen LogP contribution >= 0.6 is 0 Å². The molecule has 134 valence electrons. The van der Waals surface area contributed by atoms with Crippen LogP contribution in [0.5, 0.6) is 11.5 Å². The summed E-state index contributed by atoms with van der Waals surface area (Å²) < 4.78 is 5.82. The highest BCUT2D eigenvalue weighted by Gasteiger charge is 2.08. The van der Waals surface area contributed by atoms with Crippen molar-refractivity contribution in [1.82, 2.24) is 9.97 Å². The zero-order valence-electron chi connectivity index (χ0n) is 15.4. The second-order valence-electron chi connectivity index (χ2n) is 5.93. The Morgan fingerprint density at radius 3 is 2.19 bits per heavy atom. The fourth-order valence-electron chi connectivity index (χ4n) is 2.68. The number of nitrogens with one attached hydrogen (secondary N) is 1. The van der Waals surface area contributed by atoms with Gasteiger partial charge in [0.15, 0.2) is 0 Å². The molecule has 0 bridgehead atoms. The van der Waals surface area contributed by atoms with Gasteiger partial charge in [-0.25, -0.2) is 4.98 Å². The highest BCUT2D eigenvalue weighted by Crippen LogP contribution is 2.24. The van der Waals surface area contributed by atoms with E-state index in [1.165, 1.54) is 0 Å². The van der Waals surface area contributed by atoms with Crippen molar-refractivity contribution >= 4 is 17.5 Å². The molecule has 0 fully saturated rings. The molecule has 0 aliphatic carbocycles. The van der Waals surface area contributed by atoms with Gasteiger partial charge < -0.3 is 15.0 Å². The van der Waals surface area contributed by atoms with Crippen molar-refractivity contribution in [2.75, 3.05) is 23.3 Å². The molecule has 0 aliphatic rings. The summed E-state index contributed by atoms with van der Waals surface area (Å²) in [4.78, 5) is 11.3. The van der Waals surface area contributed by atoms with E-state index < -0.39 is 0 Å². The number of hydrogen-bond donors (Lipinski definition) is 1. The van der Waals surface area contributed by atoms with E-state index in [1.807, 2.05) is 67.6 Å². The zero-order valence-corrected chi connectivity index (χ0v) is 15.4. The van der Waals surface area contributed by atoms with Crippen LogP contribution in [0.25, 0.3) is 0 Å². The molecule has 0 spiro atoms. The van der Waals surface area contributed by atoms with E-state index in [9.17, 15) is 0 Å². The van der Waals surface area contributed by atoms with Gasteiger partial charge in [0, 0.05) is 30.5 Å². The first kappa shape index (κ1) is 17.7. The van der Waals surface area contributed by atoms with Crippen LogP contribution in [-0.4, -0.2) is 23.1 Å². The Kier molecular flexibility index (Phi) is 5.69. The molecule has 0 saturated carbocycles. The van der Waals surface area contributed by atoms with Crippen molar-refractivity contribution in [1.29, 1.82) is 0 Å². The summed E-state index contributed by atoms with van der Waals surface area (Å²) in [6.07, 6.45) is 0. The molecule has 0 radical (unpaired) electrons. The topological polar surface area (TPSA) is 50.3 Å². The van der Waals surface area contributed by atoms with E-state index in [1.54, 1.807) is 0 Å². The van der Waals surface area contributed by atoms with Crippen molar-refractivity contribution in [3.05, 3.63) is 66.4 Å². The highest BCUT2D eigenvalue weighted by atomic mass is 16.5. The molecule has 0 amide bonds. The third-order valence-electron chi connectivity index (χ3n) is 4.02. The lowest BCUT2D eigenvalue weighted by atomic mass is 10.3. The number of ether oxygens (including phenoxy) is 1. The maximum Gasteiger partial charge on any atom is 0.229 e. The average Bonchev–Trinajstić information content (AvgIpc) is 2.65. The monoisotopic (exact) mass is 348 g/mol. The summed E-state index contributed by atoms with van der Waals surface area (Å²) in [5.74, 6) is 3.15. The predicted octanol–water partition coefficient (Wildman–Crippen LogP) is 5.17. The molecular formula is C21H24N4O. The van der Waals surface area contributed by atoms with E-state index in [0.29, 0.717) is 5.95 Å². The first-order chi connectivity index (χ1) is 12.7. The maximum absolute atomic E-state index is 5.82. The Hall–Kier alpha value is -3.08. The minimum atomic E-state index is 0.601. The van der Waals surface area contributed by atoms with Gasteiger partial charge in [-0.05, 0) is 57.2 Å². The number of rotatable bonds is 7. The van der Waals surface area contributed by atoms with E-state index in [2.05, 4.69) is 34.0 Å².